The molecule has 0 aromatic heterocycles. The molecule has 0 spiro atoms. The van der Waals surface area contributed by atoms with Crippen molar-refractivity contribution in [3.05, 3.63) is 29.6 Å². The first-order valence-electron chi connectivity index (χ1n) is 6.71. The SMILES string of the molecule is CC1CC(C)CC(OC(=O)c2cc(N)cc(F)c2)C1. The molecule has 3 nitrogen and oxygen atoms in total. The van der Waals surface area contributed by atoms with E-state index in [1.165, 1.54) is 18.6 Å². The third-order valence-corrected chi connectivity index (χ3v) is 3.56. The summed E-state index contributed by atoms with van der Waals surface area (Å²) in [7, 11) is 0. The number of rotatable bonds is 2. The van der Waals surface area contributed by atoms with Gasteiger partial charge in [0.25, 0.3) is 0 Å². The molecule has 1 aromatic rings. The van der Waals surface area contributed by atoms with E-state index in [4.69, 9.17) is 10.5 Å². The Kier molecular flexibility index (Phi) is 4.08. The van der Waals surface area contributed by atoms with Gasteiger partial charge in [-0.25, -0.2) is 9.18 Å². The topological polar surface area (TPSA) is 52.3 Å². The molecular formula is C15H20FNO2. The molecule has 4 heteroatoms. The van der Waals surface area contributed by atoms with Gasteiger partial charge in [0.15, 0.2) is 0 Å². The number of nitrogen functional groups attached to an aromatic ring is 1. The maximum atomic E-state index is 13.2. The summed E-state index contributed by atoms with van der Waals surface area (Å²) in [6, 6.07) is 3.79. The van der Waals surface area contributed by atoms with Crippen LogP contribution in [0.4, 0.5) is 10.1 Å². The van der Waals surface area contributed by atoms with Crippen LogP contribution in [0.1, 0.15) is 43.5 Å². The minimum absolute atomic E-state index is 0.0734. The molecule has 2 atom stereocenters. The molecule has 1 aliphatic carbocycles. The van der Waals surface area contributed by atoms with Gasteiger partial charge in [0.1, 0.15) is 11.9 Å². The number of ether oxygens (including phenoxy) is 1. The molecule has 0 amide bonds. The van der Waals surface area contributed by atoms with Crippen LogP contribution in [0.3, 0.4) is 0 Å². The van der Waals surface area contributed by atoms with Crippen LogP contribution in [0.25, 0.3) is 0 Å². The van der Waals surface area contributed by atoms with E-state index in [0.717, 1.165) is 18.9 Å². The highest BCUT2D eigenvalue weighted by molar-refractivity contribution is 5.90. The predicted octanol–water partition coefficient (Wildman–Crippen LogP) is 3.39. The molecule has 1 fully saturated rings. The summed E-state index contributed by atoms with van der Waals surface area (Å²) in [6.07, 6.45) is 2.85. The van der Waals surface area contributed by atoms with Gasteiger partial charge in [-0.3, -0.25) is 0 Å². The number of carbonyl (C=O) groups is 1. The molecular weight excluding hydrogens is 245 g/mol. The van der Waals surface area contributed by atoms with E-state index >= 15 is 0 Å². The van der Waals surface area contributed by atoms with Crippen LogP contribution in [-0.2, 0) is 4.74 Å². The molecule has 2 rings (SSSR count). The number of hydrogen-bond acceptors (Lipinski definition) is 3. The van der Waals surface area contributed by atoms with Crippen LogP contribution < -0.4 is 5.73 Å². The van der Waals surface area contributed by atoms with Crippen LogP contribution in [0, 0.1) is 17.7 Å². The van der Waals surface area contributed by atoms with E-state index < -0.39 is 11.8 Å². The maximum absolute atomic E-state index is 13.2. The molecule has 1 aromatic carbocycles. The number of anilines is 1. The zero-order valence-electron chi connectivity index (χ0n) is 11.4. The highest BCUT2D eigenvalue weighted by Gasteiger charge is 2.27. The molecule has 104 valence electrons. The first kappa shape index (κ1) is 13.8. The molecule has 2 N–H and O–H groups in total. The Labute approximate surface area is 112 Å². The van der Waals surface area contributed by atoms with E-state index in [2.05, 4.69) is 13.8 Å². The van der Waals surface area contributed by atoms with Crippen molar-refractivity contribution in [1.29, 1.82) is 0 Å². The average molecular weight is 265 g/mol. The number of halogens is 1. The normalized spacial score (nSPS) is 27.0. The zero-order valence-corrected chi connectivity index (χ0v) is 11.4. The second-order valence-electron chi connectivity index (χ2n) is 5.72. The maximum Gasteiger partial charge on any atom is 0.338 e. The van der Waals surface area contributed by atoms with Gasteiger partial charge in [-0.2, -0.15) is 0 Å². The van der Waals surface area contributed by atoms with Gasteiger partial charge in [0, 0.05) is 5.69 Å². The predicted molar refractivity (Wildman–Crippen MR) is 72.2 cm³/mol. The lowest BCUT2D eigenvalue weighted by atomic mass is 9.82. The van der Waals surface area contributed by atoms with Gasteiger partial charge in [0.2, 0.25) is 0 Å². The number of esters is 1. The lowest BCUT2D eigenvalue weighted by molar-refractivity contribution is 0.00801. The van der Waals surface area contributed by atoms with Crippen molar-refractivity contribution in [2.24, 2.45) is 11.8 Å². The minimum Gasteiger partial charge on any atom is -0.459 e. The Morgan fingerprint density at radius 3 is 2.42 bits per heavy atom. The number of benzene rings is 1. The summed E-state index contributed by atoms with van der Waals surface area (Å²) < 4.78 is 18.7. The molecule has 2 unspecified atom stereocenters. The molecule has 0 heterocycles. The standard InChI is InChI=1S/C15H20FNO2/c1-9-3-10(2)5-14(4-9)19-15(18)11-6-12(16)8-13(17)7-11/h6-10,14H,3-5,17H2,1-2H3. The van der Waals surface area contributed by atoms with Crippen molar-refractivity contribution in [1.82, 2.24) is 0 Å². The van der Waals surface area contributed by atoms with Crippen LogP contribution in [-0.4, -0.2) is 12.1 Å². The Bertz CT molecular complexity index is 445. The van der Waals surface area contributed by atoms with Crippen molar-refractivity contribution in [3.8, 4) is 0 Å². The van der Waals surface area contributed by atoms with Crippen molar-refractivity contribution in [3.63, 3.8) is 0 Å². The Balaban J connectivity index is 2.04. The third kappa shape index (κ3) is 3.69. The summed E-state index contributed by atoms with van der Waals surface area (Å²) in [5.74, 6) is 0.105. The lowest BCUT2D eigenvalue weighted by Crippen LogP contribution is -2.28. The minimum atomic E-state index is -0.516. The zero-order chi connectivity index (χ0) is 14.0. The fourth-order valence-electron chi connectivity index (χ4n) is 2.92. The first-order chi connectivity index (χ1) is 8.94. The first-order valence-corrected chi connectivity index (χ1v) is 6.71. The van der Waals surface area contributed by atoms with E-state index in [1.54, 1.807) is 0 Å². The van der Waals surface area contributed by atoms with E-state index in [-0.39, 0.29) is 17.4 Å². The summed E-state index contributed by atoms with van der Waals surface area (Å²) in [6.45, 7) is 4.33. The summed E-state index contributed by atoms with van der Waals surface area (Å²) in [5.41, 5.74) is 5.94. The second-order valence-corrected chi connectivity index (χ2v) is 5.72. The smallest absolute Gasteiger partial charge is 0.338 e. The largest absolute Gasteiger partial charge is 0.459 e. The van der Waals surface area contributed by atoms with Crippen LogP contribution in [0.15, 0.2) is 18.2 Å². The Hall–Kier alpha value is -1.58. The summed E-state index contributed by atoms with van der Waals surface area (Å²) in [5, 5.41) is 0. The van der Waals surface area contributed by atoms with E-state index in [9.17, 15) is 9.18 Å². The van der Waals surface area contributed by atoms with Gasteiger partial charge >= 0.3 is 5.97 Å². The average Bonchev–Trinajstić information content (AvgIpc) is 2.25. The van der Waals surface area contributed by atoms with Gasteiger partial charge in [-0.05, 0) is 49.3 Å². The molecule has 0 saturated heterocycles. The lowest BCUT2D eigenvalue weighted by Gasteiger charge is -2.31. The van der Waals surface area contributed by atoms with Crippen molar-refractivity contribution in [2.45, 2.75) is 39.2 Å². The highest BCUT2D eigenvalue weighted by Crippen LogP contribution is 2.30. The van der Waals surface area contributed by atoms with Gasteiger partial charge < -0.3 is 10.5 Å². The molecule has 1 saturated carbocycles. The fourth-order valence-corrected chi connectivity index (χ4v) is 2.92. The van der Waals surface area contributed by atoms with Gasteiger partial charge in [0.05, 0.1) is 5.56 Å². The van der Waals surface area contributed by atoms with Crippen LogP contribution in [0.5, 0.6) is 0 Å². The molecule has 19 heavy (non-hydrogen) atoms. The summed E-state index contributed by atoms with van der Waals surface area (Å²) in [4.78, 5) is 12.0. The van der Waals surface area contributed by atoms with Gasteiger partial charge in [-0.1, -0.05) is 13.8 Å². The number of carbonyl (C=O) groups excluding carboxylic acids is 1. The van der Waals surface area contributed by atoms with Crippen LogP contribution >= 0.6 is 0 Å². The van der Waals surface area contributed by atoms with Crippen molar-refractivity contribution in [2.75, 3.05) is 5.73 Å². The van der Waals surface area contributed by atoms with E-state index in [1.807, 2.05) is 0 Å². The summed E-state index contributed by atoms with van der Waals surface area (Å²) >= 11 is 0. The molecule has 0 radical (unpaired) electrons. The van der Waals surface area contributed by atoms with Gasteiger partial charge in [-0.15, -0.1) is 0 Å². The Morgan fingerprint density at radius 2 is 1.84 bits per heavy atom. The van der Waals surface area contributed by atoms with E-state index in [0.29, 0.717) is 11.8 Å². The third-order valence-electron chi connectivity index (χ3n) is 3.56. The second kappa shape index (κ2) is 5.59. The Morgan fingerprint density at radius 1 is 1.21 bits per heavy atom. The fraction of sp³-hybridized carbons (Fsp3) is 0.533. The number of nitrogens with two attached hydrogens (primary N) is 1. The highest BCUT2D eigenvalue weighted by atomic mass is 19.1. The molecule has 0 aliphatic heterocycles. The monoisotopic (exact) mass is 265 g/mol. The van der Waals surface area contributed by atoms with Crippen molar-refractivity contribution >= 4 is 11.7 Å². The quantitative estimate of drug-likeness (QED) is 0.658. The number of hydrogen-bond donors (Lipinski definition) is 1. The van der Waals surface area contributed by atoms with Crippen molar-refractivity contribution < 1.29 is 13.9 Å². The molecule has 0 bridgehead atoms. The molecule has 1 aliphatic rings. The van der Waals surface area contributed by atoms with Crippen LogP contribution in [0.2, 0.25) is 0 Å².